The number of methoxy groups -OCH3 is 2. The summed E-state index contributed by atoms with van der Waals surface area (Å²) in [6.07, 6.45) is 4.77. The molecule has 0 aliphatic carbocycles. The lowest BCUT2D eigenvalue weighted by molar-refractivity contribution is -0.129. The number of benzene rings is 2. The van der Waals surface area contributed by atoms with Crippen LogP contribution in [0.3, 0.4) is 0 Å². The number of likely N-dealkylation sites (tertiary alicyclic amines) is 1. The molecule has 3 aromatic rings. The maximum absolute atomic E-state index is 11.2. The molecule has 2 heterocycles. The number of hydroxylamine groups is 1. The van der Waals surface area contributed by atoms with E-state index in [0.29, 0.717) is 42.9 Å². The fourth-order valence-electron chi connectivity index (χ4n) is 4.76. The van der Waals surface area contributed by atoms with E-state index in [1.54, 1.807) is 19.7 Å². The topological polar surface area (TPSA) is 121 Å². The Labute approximate surface area is 223 Å². The second-order valence-corrected chi connectivity index (χ2v) is 9.57. The minimum absolute atomic E-state index is 0.304. The number of fused-ring (bicyclic) bond motifs is 1. The van der Waals surface area contributed by atoms with E-state index in [9.17, 15) is 4.79 Å². The normalized spacial score (nSPS) is 14.3. The Morgan fingerprint density at radius 2 is 1.76 bits per heavy atom. The summed E-state index contributed by atoms with van der Waals surface area (Å²) in [5, 5.41) is 16.5. The van der Waals surface area contributed by atoms with Crippen molar-refractivity contribution in [3.05, 3.63) is 48.0 Å². The van der Waals surface area contributed by atoms with Gasteiger partial charge in [-0.05, 0) is 37.3 Å². The van der Waals surface area contributed by atoms with E-state index in [0.717, 1.165) is 62.0 Å². The lowest BCUT2D eigenvalue weighted by Gasteiger charge is -2.33. The van der Waals surface area contributed by atoms with Gasteiger partial charge < -0.3 is 20.1 Å². The maximum Gasteiger partial charge on any atom is 0.243 e. The number of nitrogens with zero attached hydrogens (tertiary/aromatic N) is 3. The number of aromatic nitrogens is 2. The predicted molar refractivity (Wildman–Crippen MR) is 148 cm³/mol. The number of carbonyl (C=O) groups is 1. The van der Waals surface area contributed by atoms with Crippen LogP contribution in [-0.2, 0) is 11.3 Å². The van der Waals surface area contributed by atoms with E-state index < -0.39 is 0 Å². The third-order valence-corrected chi connectivity index (χ3v) is 6.87. The molecule has 0 bridgehead atoms. The maximum atomic E-state index is 11.2. The fraction of sp³-hybridized carbons (Fsp3) is 0.464. The summed E-state index contributed by atoms with van der Waals surface area (Å²) in [7, 11) is 3.24. The Morgan fingerprint density at radius 3 is 2.47 bits per heavy atom. The highest BCUT2D eigenvalue weighted by molar-refractivity contribution is 5.92. The average molecular weight is 523 g/mol. The highest BCUT2D eigenvalue weighted by Crippen LogP contribution is 2.35. The highest BCUT2D eigenvalue weighted by Gasteiger charge is 2.21. The van der Waals surface area contributed by atoms with Crippen molar-refractivity contribution < 1.29 is 19.5 Å². The van der Waals surface area contributed by atoms with Gasteiger partial charge in [0, 0.05) is 50.1 Å². The van der Waals surface area contributed by atoms with Gasteiger partial charge in [-0.25, -0.2) is 10.5 Å². The molecular formula is C28H38N6O4. The third kappa shape index (κ3) is 7.45. The molecule has 4 rings (SSSR count). The van der Waals surface area contributed by atoms with Gasteiger partial charge in [0.25, 0.3) is 0 Å². The molecular weight excluding hydrogens is 484 g/mol. The largest absolute Gasteiger partial charge is 0.493 e. The average Bonchev–Trinajstić information content (AvgIpc) is 2.95. The van der Waals surface area contributed by atoms with Crippen molar-refractivity contribution in [1.82, 2.24) is 20.3 Å². The van der Waals surface area contributed by atoms with Crippen molar-refractivity contribution in [3.8, 4) is 11.5 Å². The molecule has 1 fully saturated rings. The van der Waals surface area contributed by atoms with Crippen LogP contribution in [0.2, 0.25) is 0 Å². The van der Waals surface area contributed by atoms with Crippen LogP contribution in [-0.4, -0.2) is 65.9 Å². The standard InChI is InChI=1S/C28H38N6O4/c1-37-24-17-22-23(18-25(24)38-2)31-28(29-14-8-4-7-11-26(35)33-36)32-27(22)30-21-12-15-34(16-13-21)19-20-9-5-3-6-10-20/h3,5-6,9-10,17-18,21,36H,4,7-8,11-16,19H2,1-2H3,(H,33,35)(H2,29,30,31,32). The third-order valence-electron chi connectivity index (χ3n) is 6.87. The number of amides is 1. The zero-order valence-electron chi connectivity index (χ0n) is 22.2. The molecule has 0 atom stereocenters. The van der Waals surface area contributed by atoms with Crippen LogP contribution in [0.25, 0.3) is 10.9 Å². The van der Waals surface area contributed by atoms with Crippen LogP contribution in [0, 0.1) is 0 Å². The van der Waals surface area contributed by atoms with Crippen LogP contribution in [0.4, 0.5) is 11.8 Å². The second-order valence-electron chi connectivity index (χ2n) is 9.57. The lowest BCUT2D eigenvalue weighted by atomic mass is 10.0. The first kappa shape index (κ1) is 27.4. The van der Waals surface area contributed by atoms with Crippen LogP contribution in [0.1, 0.15) is 44.1 Å². The summed E-state index contributed by atoms with van der Waals surface area (Å²) in [5.41, 5.74) is 3.77. The molecule has 1 saturated heterocycles. The zero-order valence-corrected chi connectivity index (χ0v) is 22.2. The number of carbonyl (C=O) groups excluding carboxylic acids is 1. The van der Waals surface area contributed by atoms with Gasteiger partial charge >= 0.3 is 0 Å². The Kier molecular flexibility index (Phi) is 9.94. The molecule has 10 heteroatoms. The molecule has 0 radical (unpaired) electrons. The van der Waals surface area contributed by atoms with Crippen LogP contribution >= 0.6 is 0 Å². The first-order chi connectivity index (χ1) is 18.6. The predicted octanol–water partition coefficient (Wildman–Crippen LogP) is 4.20. The first-order valence-electron chi connectivity index (χ1n) is 13.2. The Hall–Kier alpha value is -3.63. The molecule has 1 aliphatic rings. The van der Waals surface area contributed by atoms with Gasteiger partial charge in [0.2, 0.25) is 11.9 Å². The summed E-state index contributed by atoms with van der Waals surface area (Å²) in [5.74, 6) is 2.21. The van der Waals surface area contributed by atoms with Gasteiger partial charge in [-0.2, -0.15) is 4.98 Å². The monoisotopic (exact) mass is 522 g/mol. The highest BCUT2D eigenvalue weighted by atomic mass is 16.5. The number of piperidine rings is 1. The molecule has 1 amide bonds. The van der Waals surface area contributed by atoms with E-state index in [-0.39, 0.29) is 5.91 Å². The van der Waals surface area contributed by atoms with Crippen molar-refractivity contribution in [2.45, 2.75) is 51.1 Å². The summed E-state index contributed by atoms with van der Waals surface area (Å²) in [4.78, 5) is 23.2. The Morgan fingerprint density at radius 1 is 1.03 bits per heavy atom. The van der Waals surface area contributed by atoms with Crippen LogP contribution in [0.15, 0.2) is 42.5 Å². The van der Waals surface area contributed by atoms with E-state index in [2.05, 4.69) is 45.9 Å². The quantitative estimate of drug-likeness (QED) is 0.149. The molecule has 2 aromatic carbocycles. The van der Waals surface area contributed by atoms with E-state index in [1.807, 2.05) is 12.1 Å². The molecule has 1 aromatic heterocycles. The van der Waals surface area contributed by atoms with Gasteiger partial charge in [0.05, 0.1) is 19.7 Å². The molecule has 38 heavy (non-hydrogen) atoms. The van der Waals surface area contributed by atoms with Crippen LogP contribution < -0.4 is 25.6 Å². The van der Waals surface area contributed by atoms with Crippen molar-refractivity contribution in [3.63, 3.8) is 0 Å². The number of unbranched alkanes of at least 4 members (excludes halogenated alkanes) is 2. The van der Waals surface area contributed by atoms with Gasteiger partial charge in [0.1, 0.15) is 5.82 Å². The number of anilines is 2. The molecule has 0 saturated carbocycles. The molecule has 0 spiro atoms. The minimum Gasteiger partial charge on any atom is -0.493 e. The number of hydrogen-bond donors (Lipinski definition) is 4. The van der Waals surface area contributed by atoms with Gasteiger partial charge in [0.15, 0.2) is 11.5 Å². The summed E-state index contributed by atoms with van der Waals surface area (Å²) in [6, 6.07) is 14.7. The van der Waals surface area contributed by atoms with Crippen molar-refractivity contribution in [2.24, 2.45) is 0 Å². The second kappa shape index (κ2) is 13.8. The zero-order chi connectivity index (χ0) is 26.7. The molecule has 204 valence electrons. The number of hydrogen-bond acceptors (Lipinski definition) is 9. The fourth-order valence-corrected chi connectivity index (χ4v) is 4.76. The van der Waals surface area contributed by atoms with Crippen molar-refractivity contribution in [1.29, 1.82) is 0 Å². The molecule has 10 nitrogen and oxygen atoms in total. The van der Waals surface area contributed by atoms with Crippen molar-refractivity contribution >= 4 is 28.6 Å². The summed E-state index contributed by atoms with van der Waals surface area (Å²) < 4.78 is 11.0. The Balaban J connectivity index is 1.43. The number of ether oxygens (including phenoxy) is 2. The van der Waals surface area contributed by atoms with Gasteiger partial charge in [-0.15, -0.1) is 0 Å². The number of rotatable bonds is 13. The summed E-state index contributed by atoms with van der Waals surface area (Å²) in [6.45, 7) is 3.69. The Bertz CT molecular complexity index is 1180. The van der Waals surface area contributed by atoms with Gasteiger partial charge in [-0.3, -0.25) is 14.9 Å². The van der Waals surface area contributed by atoms with E-state index in [1.165, 1.54) is 5.56 Å². The minimum atomic E-state index is -0.359. The van der Waals surface area contributed by atoms with Crippen LogP contribution in [0.5, 0.6) is 11.5 Å². The summed E-state index contributed by atoms with van der Waals surface area (Å²) >= 11 is 0. The lowest BCUT2D eigenvalue weighted by Crippen LogP contribution is -2.38. The molecule has 4 N–H and O–H groups in total. The van der Waals surface area contributed by atoms with E-state index in [4.69, 9.17) is 24.6 Å². The first-order valence-corrected chi connectivity index (χ1v) is 13.2. The smallest absolute Gasteiger partial charge is 0.243 e. The molecule has 0 unspecified atom stereocenters. The van der Waals surface area contributed by atoms with Crippen molar-refractivity contribution in [2.75, 3.05) is 44.5 Å². The molecule has 1 aliphatic heterocycles. The van der Waals surface area contributed by atoms with Gasteiger partial charge in [-0.1, -0.05) is 36.8 Å². The van der Waals surface area contributed by atoms with E-state index >= 15 is 0 Å². The number of nitrogens with one attached hydrogen (secondary N) is 3. The SMILES string of the molecule is COc1cc2nc(NCCCCCC(=O)NO)nc(NC3CCN(Cc4ccccc4)CC3)c2cc1OC.